The van der Waals surface area contributed by atoms with Crippen LogP contribution in [0.5, 0.6) is 11.5 Å². The summed E-state index contributed by atoms with van der Waals surface area (Å²) in [6, 6.07) is 17.2. The highest BCUT2D eigenvalue weighted by Gasteiger charge is 2.18. The number of para-hydroxylation sites is 1. The Bertz CT molecular complexity index is 1540. The molecule has 0 unspecified atom stereocenters. The molecule has 6 nitrogen and oxygen atoms in total. The van der Waals surface area contributed by atoms with Crippen molar-refractivity contribution in [1.82, 2.24) is 9.66 Å². The second-order valence-electron chi connectivity index (χ2n) is 9.63. The standard InChI is InChI=1S/C31H34BrN3O3/c1-7-21(6)38-28-14-13-22(16-26(28)32)18-33-35-30(34-27-12-10-9-11-23(27)31(35)36)25-17-24(19(3)4)29(37-8-2)15-20(25)5/h9-19,21H,7-8H2,1-6H3/t21-/m1/s1. The zero-order chi connectivity index (χ0) is 27.4. The quantitative estimate of drug-likeness (QED) is 0.192. The van der Waals surface area contributed by atoms with E-state index in [1.165, 1.54) is 4.68 Å². The van der Waals surface area contributed by atoms with Crippen LogP contribution >= 0.6 is 15.9 Å². The minimum Gasteiger partial charge on any atom is -0.494 e. The molecule has 198 valence electrons. The number of hydrogen-bond donors (Lipinski definition) is 0. The topological polar surface area (TPSA) is 65.7 Å². The molecule has 1 heterocycles. The van der Waals surface area contributed by atoms with Crippen LogP contribution in [0, 0.1) is 6.92 Å². The van der Waals surface area contributed by atoms with Gasteiger partial charge in [0.25, 0.3) is 5.56 Å². The summed E-state index contributed by atoms with van der Waals surface area (Å²) >= 11 is 3.60. The van der Waals surface area contributed by atoms with Crippen LogP contribution in [0.15, 0.2) is 69.0 Å². The van der Waals surface area contributed by atoms with Crippen LogP contribution in [0.1, 0.15) is 63.6 Å². The van der Waals surface area contributed by atoms with Crippen LogP contribution in [0.2, 0.25) is 0 Å². The number of aromatic nitrogens is 2. The summed E-state index contributed by atoms with van der Waals surface area (Å²) in [7, 11) is 0. The molecule has 7 heteroatoms. The Kier molecular flexibility index (Phi) is 8.67. The first-order valence-electron chi connectivity index (χ1n) is 13.0. The normalized spacial score (nSPS) is 12.4. The molecule has 0 aliphatic rings. The molecule has 0 saturated carbocycles. The van der Waals surface area contributed by atoms with E-state index >= 15 is 0 Å². The van der Waals surface area contributed by atoms with Crippen molar-refractivity contribution >= 4 is 33.0 Å². The third kappa shape index (κ3) is 5.83. The number of fused-ring (bicyclic) bond motifs is 1. The van der Waals surface area contributed by atoms with E-state index in [-0.39, 0.29) is 17.6 Å². The van der Waals surface area contributed by atoms with Crippen molar-refractivity contribution in [3.05, 3.63) is 86.1 Å². The Balaban J connectivity index is 1.87. The second-order valence-corrected chi connectivity index (χ2v) is 10.5. The van der Waals surface area contributed by atoms with E-state index in [1.54, 1.807) is 12.3 Å². The predicted molar refractivity (Wildman–Crippen MR) is 159 cm³/mol. The Morgan fingerprint density at radius 1 is 1.05 bits per heavy atom. The largest absolute Gasteiger partial charge is 0.494 e. The number of ether oxygens (including phenoxy) is 2. The van der Waals surface area contributed by atoms with Gasteiger partial charge in [-0.1, -0.05) is 32.9 Å². The van der Waals surface area contributed by atoms with E-state index in [0.29, 0.717) is 23.3 Å². The average Bonchev–Trinajstić information content (AvgIpc) is 2.89. The molecular weight excluding hydrogens is 542 g/mol. The Hall–Kier alpha value is -3.45. The molecule has 0 spiro atoms. The number of aryl methyl sites for hydroxylation is 1. The fourth-order valence-electron chi connectivity index (χ4n) is 4.19. The van der Waals surface area contributed by atoms with Gasteiger partial charge in [0.2, 0.25) is 0 Å². The van der Waals surface area contributed by atoms with E-state index in [1.807, 2.05) is 63.2 Å². The summed E-state index contributed by atoms with van der Waals surface area (Å²) in [5.41, 5.74) is 4.09. The molecule has 0 fully saturated rings. The minimum atomic E-state index is -0.225. The van der Waals surface area contributed by atoms with Crippen LogP contribution in [0.4, 0.5) is 0 Å². The zero-order valence-corrected chi connectivity index (χ0v) is 24.4. The number of nitrogens with zero attached hydrogens (tertiary/aromatic N) is 3. The third-order valence-electron chi connectivity index (χ3n) is 6.45. The number of hydrogen-bond acceptors (Lipinski definition) is 5. The van der Waals surface area contributed by atoms with Gasteiger partial charge >= 0.3 is 0 Å². The van der Waals surface area contributed by atoms with E-state index in [0.717, 1.165) is 44.6 Å². The Morgan fingerprint density at radius 2 is 1.82 bits per heavy atom. The maximum atomic E-state index is 13.7. The van der Waals surface area contributed by atoms with Crippen molar-refractivity contribution in [3.8, 4) is 22.9 Å². The summed E-state index contributed by atoms with van der Waals surface area (Å²) in [5.74, 6) is 2.34. The molecule has 0 saturated heterocycles. The number of benzene rings is 3. The van der Waals surface area contributed by atoms with Gasteiger partial charge in [0.05, 0.1) is 34.3 Å². The third-order valence-corrected chi connectivity index (χ3v) is 7.07. The fraction of sp³-hybridized carbons (Fsp3) is 0.323. The molecule has 1 aromatic heterocycles. The SMILES string of the molecule is CCOc1cc(C)c(-c2nc3ccccc3c(=O)n2N=Cc2ccc(O[C@H](C)CC)c(Br)c2)cc1C(C)C. The van der Waals surface area contributed by atoms with Gasteiger partial charge in [-0.15, -0.1) is 0 Å². The molecule has 0 aliphatic carbocycles. The first-order valence-corrected chi connectivity index (χ1v) is 13.8. The lowest BCUT2D eigenvalue weighted by atomic mass is 9.96. The molecule has 0 aliphatic heterocycles. The summed E-state index contributed by atoms with van der Waals surface area (Å²) in [5, 5.41) is 5.16. The van der Waals surface area contributed by atoms with Gasteiger partial charge in [0.15, 0.2) is 5.82 Å². The molecular formula is C31H34BrN3O3. The molecule has 38 heavy (non-hydrogen) atoms. The van der Waals surface area contributed by atoms with Crippen molar-refractivity contribution in [2.24, 2.45) is 5.10 Å². The maximum Gasteiger partial charge on any atom is 0.282 e. The van der Waals surface area contributed by atoms with Crippen LogP contribution < -0.4 is 15.0 Å². The molecule has 0 radical (unpaired) electrons. The molecule has 0 bridgehead atoms. The molecule has 4 aromatic rings. The zero-order valence-electron chi connectivity index (χ0n) is 22.8. The Labute approximate surface area is 232 Å². The van der Waals surface area contributed by atoms with E-state index in [2.05, 4.69) is 47.9 Å². The van der Waals surface area contributed by atoms with Gasteiger partial charge in [-0.05, 0) is 108 Å². The highest BCUT2D eigenvalue weighted by atomic mass is 79.9. The number of rotatable bonds is 9. The average molecular weight is 577 g/mol. The van der Waals surface area contributed by atoms with Crippen molar-refractivity contribution in [1.29, 1.82) is 0 Å². The maximum absolute atomic E-state index is 13.7. The molecule has 1 atom stereocenters. The molecule has 0 N–H and O–H groups in total. The predicted octanol–water partition coefficient (Wildman–Crippen LogP) is 7.72. The van der Waals surface area contributed by atoms with Crippen LogP contribution in [-0.4, -0.2) is 28.6 Å². The lowest BCUT2D eigenvalue weighted by molar-refractivity contribution is 0.216. The fourth-order valence-corrected chi connectivity index (χ4v) is 4.68. The van der Waals surface area contributed by atoms with Crippen LogP contribution in [-0.2, 0) is 0 Å². The van der Waals surface area contributed by atoms with Gasteiger partial charge in [-0.3, -0.25) is 4.79 Å². The minimum absolute atomic E-state index is 0.115. The summed E-state index contributed by atoms with van der Waals surface area (Å²) in [4.78, 5) is 18.6. The first kappa shape index (κ1) is 27.6. The van der Waals surface area contributed by atoms with Crippen molar-refractivity contribution in [2.45, 2.75) is 60.0 Å². The van der Waals surface area contributed by atoms with Gasteiger partial charge in [-0.2, -0.15) is 9.78 Å². The molecule has 3 aromatic carbocycles. The molecule has 0 amide bonds. The Morgan fingerprint density at radius 3 is 2.50 bits per heavy atom. The summed E-state index contributed by atoms with van der Waals surface area (Å²) in [6.07, 6.45) is 2.70. The lowest BCUT2D eigenvalue weighted by Crippen LogP contribution is -2.21. The van der Waals surface area contributed by atoms with E-state index in [9.17, 15) is 4.79 Å². The number of halogens is 1. The van der Waals surface area contributed by atoms with Gasteiger partial charge in [0, 0.05) is 5.56 Å². The monoisotopic (exact) mass is 575 g/mol. The summed E-state index contributed by atoms with van der Waals surface area (Å²) < 4.78 is 14.1. The van der Waals surface area contributed by atoms with Crippen molar-refractivity contribution in [3.63, 3.8) is 0 Å². The highest BCUT2D eigenvalue weighted by Crippen LogP contribution is 2.34. The van der Waals surface area contributed by atoms with Gasteiger partial charge in [-0.25, -0.2) is 4.98 Å². The summed E-state index contributed by atoms with van der Waals surface area (Å²) in [6.45, 7) is 12.9. The van der Waals surface area contributed by atoms with Crippen LogP contribution in [0.25, 0.3) is 22.3 Å². The lowest BCUT2D eigenvalue weighted by Gasteiger charge is -2.18. The van der Waals surface area contributed by atoms with Gasteiger partial charge < -0.3 is 9.47 Å². The van der Waals surface area contributed by atoms with Crippen molar-refractivity contribution in [2.75, 3.05) is 6.61 Å². The van der Waals surface area contributed by atoms with E-state index < -0.39 is 0 Å². The second kappa shape index (κ2) is 11.9. The smallest absolute Gasteiger partial charge is 0.282 e. The van der Waals surface area contributed by atoms with Gasteiger partial charge in [0.1, 0.15) is 11.5 Å². The van der Waals surface area contributed by atoms with E-state index in [4.69, 9.17) is 14.5 Å². The van der Waals surface area contributed by atoms with Crippen molar-refractivity contribution < 1.29 is 9.47 Å². The highest BCUT2D eigenvalue weighted by molar-refractivity contribution is 9.10. The van der Waals surface area contributed by atoms with Crippen LogP contribution in [0.3, 0.4) is 0 Å². The molecule has 4 rings (SSSR count). The first-order chi connectivity index (χ1) is 18.2.